The van der Waals surface area contributed by atoms with Crippen molar-refractivity contribution in [1.29, 1.82) is 0 Å². The topological polar surface area (TPSA) is 64.6 Å². The minimum Gasteiger partial charge on any atom is -0.467 e. The van der Waals surface area contributed by atoms with E-state index in [0.29, 0.717) is 6.42 Å². The van der Waals surface area contributed by atoms with Crippen LogP contribution in [0.25, 0.3) is 0 Å². The summed E-state index contributed by atoms with van der Waals surface area (Å²) >= 11 is 0. The van der Waals surface area contributed by atoms with Crippen LogP contribution in [0.3, 0.4) is 0 Å². The molecule has 0 aliphatic heterocycles. The molecule has 24 heavy (non-hydrogen) atoms. The highest BCUT2D eigenvalue weighted by Gasteiger charge is 2.36. The molecule has 0 saturated carbocycles. The van der Waals surface area contributed by atoms with Gasteiger partial charge in [-0.1, -0.05) is 60.7 Å². The van der Waals surface area contributed by atoms with Crippen LogP contribution in [0.2, 0.25) is 0 Å². The summed E-state index contributed by atoms with van der Waals surface area (Å²) in [5, 5.41) is 2.63. The molecule has 5 nitrogen and oxygen atoms in total. The van der Waals surface area contributed by atoms with Crippen molar-refractivity contribution in [2.75, 3.05) is 7.11 Å². The minimum absolute atomic E-state index is 0.134. The van der Waals surface area contributed by atoms with E-state index in [1.54, 1.807) is 6.92 Å². The first-order valence-electron chi connectivity index (χ1n) is 7.65. The zero-order valence-electron chi connectivity index (χ0n) is 13.8. The predicted octanol–water partition coefficient (Wildman–Crippen LogP) is 3.09. The van der Waals surface area contributed by atoms with Gasteiger partial charge in [-0.2, -0.15) is 0 Å². The van der Waals surface area contributed by atoms with Gasteiger partial charge < -0.3 is 14.8 Å². The van der Waals surface area contributed by atoms with E-state index in [4.69, 9.17) is 9.47 Å². The highest BCUT2D eigenvalue weighted by Crippen LogP contribution is 2.16. The summed E-state index contributed by atoms with van der Waals surface area (Å²) in [5.74, 6) is -0.525. The molecule has 1 atom stereocenters. The average molecular weight is 327 g/mol. The fourth-order valence-corrected chi connectivity index (χ4v) is 2.38. The lowest BCUT2D eigenvalue weighted by atomic mass is 9.93. The normalized spacial score (nSPS) is 12.8. The lowest BCUT2D eigenvalue weighted by molar-refractivity contribution is -0.147. The maximum Gasteiger partial charge on any atom is 0.408 e. The minimum atomic E-state index is -1.20. The van der Waals surface area contributed by atoms with Gasteiger partial charge in [0.05, 0.1) is 7.11 Å². The molecule has 126 valence electrons. The number of ether oxygens (including phenoxy) is 2. The molecule has 2 aromatic carbocycles. The summed E-state index contributed by atoms with van der Waals surface area (Å²) < 4.78 is 10.0. The number of methoxy groups -OCH3 is 1. The SMILES string of the molecule is COC(=O)C(C)(Cc1ccccc1)NC(=O)OCc1ccccc1. The van der Waals surface area contributed by atoms with Gasteiger partial charge in [0.25, 0.3) is 0 Å². The standard InChI is InChI=1S/C19H21NO4/c1-19(17(21)23-2,13-15-9-5-3-6-10-15)20-18(22)24-14-16-11-7-4-8-12-16/h3-12H,13-14H2,1-2H3,(H,20,22). The highest BCUT2D eigenvalue weighted by molar-refractivity contribution is 5.85. The van der Waals surface area contributed by atoms with E-state index in [1.807, 2.05) is 60.7 Å². The smallest absolute Gasteiger partial charge is 0.408 e. The fourth-order valence-electron chi connectivity index (χ4n) is 2.38. The number of hydrogen-bond donors (Lipinski definition) is 1. The number of carbonyl (C=O) groups excluding carboxylic acids is 2. The van der Waals surface area contributed by atoms with E-state index in [0.717, 1.165) is 11.1 Å². The average Bonchev–Trinajstić information content (AvgIpc) is 2.61. The Morgan fingerprint density at radius 2 is 1.50 bits per heavy atom. The van der Waals surface area contributed by atoms with Crippen LogP contribution in [0.1, 0.15) is 18.1 Å². The lowest BCUT2D eigenvalue weighted by Crippen LogP contribution is -2.54. The van der Waals surface area contributed by atoms with Crippen molar-refractivity contribution < 1.29 is 19.1 Å². The fraction of sp³-hybridized carbons (Fsp3) is 0.263. The quantitative estimate of drug-likeness (QED) is 0.828. The summed E-state index contributed by atoms with van der Waals surface area (Å²) in [6, 6.07) is 18.7. The van der Waals surface area contributed by atoms with Crippen molar-refractivity contribution in [2.45, 2.75) is 25.5 Å². The van der Waals surface area contributed by atoms with Gasteiger partial charge in [-0.15, -0.1) is 0 Å². The van der Waals surface area contributed by atoms with E-state index in [1.165, 1.54) is 7.11 Å². The van der Waals surface area contributed by atoms with Crippen molar-refractivity contribution in [2.24, 2.45) is 0 Å². The van der Waals surface area contributed by atoms with Gasteiger partial charge in [-0.25, -0.2) is 9.59 Å². The largest absolute Gasteiger partial charge is 0.467 e. The van der Waals surface area contributed by atoms with Gasteiger partial charge in [-0.05, 0) is 18.1 Å². The number of esters is 1. The van der Waals surface area contributed by atoms with Crippen molar-refractivity contribution in [3.63, 3.8) is 0 Å². The second kappa shape index (κ2) is 8.15. The van der Waals surface area contributed by atoms with E-state index in [-0.39, 0.29) is 6.61 Å². The van der Waals surface area contributed by atoms with Crippen molar-refractivity contribution in [3.05, 3.63) is 71.8 Å². The maximum absolute atomic E-state index is 12.2. The van der Waals surface area contributed by atoms with E-state index >= 15 is 0 Å². The number of carbonyl (C=O) groups is 2. The van der Waals surface area contributed by atoms with Gasteiger partial charge in [0.15, 0.2) is 0 Å². The summed E-state index contributed by atoms with van der Waals surface area (Å²) in [5.41, 5.74) is 0.577. The van der Waals surface area contributed by atoms with E-state index < -0.39 is 17.6 Å². The molecule has 0 fully saturated rings. The Balaban J connectivity index is 2.02. The third-order valence-corrected chi connectivity index (χ3v) is 3.63. The van der Waals surface area contributed by atoms with Crippen LogP contribution in [0.15, 0.2) is 60.7 Å². The Kier molecular flexibility index (Phi) is 5.95. The molecule has 0 bridgehead atoms. The molecule has 0 aromatic heterocycles. The third kappa shape index (κ3) is 4.84. The predicted molar refractivity (Wildman–Crippen MR) is 90.3 cm³/mol. The Bertz CT molecular complexity index is 672. The van der Waals surface area contributed by atoms with Crippen molar-refractivity contribution >= 4 is 12.1 Å². The van der Waals surface area contributed by atoms with E-state index in [2.05, 4.69) is 5.32 Å². The van der Waals surface area contributed by atoms with Crippen LogP contribution in [-0.2, 0) is 27.3 Å². The molecular formula is C19H21NO4. The second-order valence-electron chi connectivity index (χ2n) is 5.67. The van der Waals surface area contributed by atoms with E-state index in [9.17, 15) is 9.59 Å². The molecule has 2 aromatic rings. The number of benzene rings is 2. The Labute approximate surface area is 141 Å². The Morgan fingerprint density at radius 3 is 2.04 bits per heavy atom. The Hall–Kier alpha value is -2.82. The molecule has 1 N–H and O–H groups in total. The molecular weight excluding hydrogens is 306 g/mol. The van der Waals surface area contributed by atoms with Gasteiger partial charge in [0.1, 0.15) is 12.1 Å². The van der Waals surface area contributed by atoms with Gasteiger partial charge >= 0.3 is 12.1 Å². The third-order valence-electron chi connectivity index (χ3n) is 3.63. The molecule has 2 rings (SSSR count). The number of rotatable bonds is 6. The Morgan fingerprint density at radius 1 is 0.958 bits per heavy atom. The van der Waals surface area contributed by atoms with Crippen molar-refractivity contribution in [1.82, 2.24) is 5.32 Å². The molecule has 0 aliphatic carbocycles. The molecule has 0 saturated heterocycles. The number of alkyl carbamates (subject to hydrolysis) is 1. The van der Waals surface area contributed by atoms with Crippen LogP contribution in [-0.4, -0.2) is 24.7 Å². The van der Waals surface area contributed by atoms with Crippen LogP contribution in [0.5, 0.6) is 0 Å². The number of nitrogens with one attached hydrogen (secondary N) is 1. The monoisotopic (exact) mass is 327 g/mol. The lowest BCUT2D eigenvalue weighted by Gasteiger charge is -2.27. The first kappa shape index (κ1) is 17.5. The zero-order valence-corrected chi connectivity index (χ0v) is 13.8. The van der Waals surface area contributed by atoms with Crippen LogP contribution >= 0.6 is 0 Å². The first-order valence-corrected chi connectivity index (χ1v) is 7.65. The number of amides is 1. The molecule has 0 aliphatic rings. The molecule has 5 heteroatoms. The second-order valence-corrected chi connectivity index (χ2v) is 5.67. The van der Waals surface area contributed by atoms with Crippen LogP contribution < -0.4 is 5.32 Å². The zero-order chi connectivity index (χ0) is 17.4. The summed E-state index contributed by atoms with van der Waals surface area (Å²) in [4.78, 5) is 24.3. The van der Waals surface area contributed by atoms with Gasteiger partial charge in [0, 0.05) is 6.42 Å². The molecule has 1 amide bonds. The van der Waals surface area contributed by atoms with Crippen LogP contribution in [0, 0.1) is 0 Å². The molecule has 0 spiro atoms. The van der Waals surface area contributed by atoms with Gasteiger partial charge in [-0.3, -0.25) is 0 Å². The van der Waals surface area contributed by atoms with Crippen molar-refractivity contribution in [3.8, 4) is 0 Å². The summed E-state index contributed by atoms with van der Waals surface area (Å²) in [6.07, 6.45) is -0.358. The molecule has 0 heterocycles. The summed E-state index contributed by atoms with van der Waals surface area (Å²) in [7, 11) is 1.29. The maximum atomic E-state index is 12.2. The summed E-state index contributed by atoms with van der Waals surface area (Å²) in [6.45, 7) is 1.75. The molecule has 0 radical (unpaired) electrons. The van der Waals surface area contributed by atoms with Crippen LogP contribution in [0.4, 0.5) is 4.79 Å². The number of hydrogen-bond acceptors (Lipinski definition) is 4. The first-order chi connectivity index (χ1) is 11.5. The highest BCUT2D eigenvalue weighted by atomic mass is 16.6. The van der Waals surface area contributed by atoms with Gasteiger partial charge in [0.2, 0.25) is 0 Å². The molecule has 1 unspecified atom stereocenters.